The molecule has 76 valence electrons. The highest BCUT2D eigenvalue weighted by Gasteiger charge is 2.13. The molecule has 0 aliphatic carbocycles. The summed E-state index contributed by atoms with van der Waals surface area (Å²) < 4.78 is 25.7. The molecule has 0 heterocycles. The van der Waals surface area contributed by atoms with Crippen LogP contribution in [0.5, 0.6) is 0 Å². The predicted octanol–water partition coefficient (Wildman–Crippen LogP) is 1.74. The van der Waals surface area contributed by atoms with E-state index in [1.807, 2.05) is 0 Å². The Morgan fingerprint density at radius 3 is 2.57 bits per heavy atom. The van der Waals surface area contributed by atoms with Crippen LogP contribution < -0.4 is 10.2 Å². The number of benzene rings is 1. The van der Waals surface area contributed by atoms with Gasteiger partial charge in [0, 0.05) is 20.2 Å². The molecule has 5 heteroatoms. The highest BCUT2D eigenvalue weighted by molar-refractivity contribution is 5.91. The number of rotatable bonds is 1. The average Bonchev–Trinajstić information content (AvgIpc) is 2.15. The van der Waals surface area contributed by atoms with Crippen molar-refractivity contribution in [3.8, 4) is 0 Å². The molecule has 0 aliphatic rings. The van der Waals surface area contributed by atoms with Crippen LogP contribution in [0.25, 0.3) is 0 Å². The first kappa shape index (κ1) is 10.4. The molecule has 0 aromatic heterocycles. The van der Waals surface area contributed by atoms with Crippen molar-refractivity contribution in [1.82, 2.24) is 5.32 Å². The minimum Gasteiger partial charge on any atom is -0.341 e. The number of urea groups is 1. The lowest BCUT2D eigenvalue weighted by atomic mass is 10.3. The number of nitrogens with one attached hydrogen (secondary N) is 1. The summed E-state index contributed by atoms with van der Waals surface area (Å²) in [6.07, 6.45) is 0. The monoisotopic (exact) mass is 200 g/mol. The van der Waals surface area contributed by atoms with E-state index in [9.17, 15) is 13.6 Å². The second-order valence-electron chi connectivity index (χ2n) is 2.71. The summed E-state index contributed by atoms with van der Waals surface area (Å²) in [6.45, 7) is 0. The molecular formula is C9H10F2N2O. The number of anilines is 1. The summed E-state index contributed by atoms with van der Waals surface area (Å²) in [5.41, 5.74) is 0.0331. The number of amides is 2. The van der Waals surface area contributed by atoms with Crippen molar-refractivity contribution in [2.45, 2.75) is 0 Å². The van der Waals surface area contributed by atoms with Gasteiger partial charge in [0.1, 0.15) is 11.6 Å². The first-order chi connectivity index (χ1) is 6.56. The summed E-state index contributed by atoms with van der Waals surface area (Å²) in [6, 6.07) is 2.57. The highest BCUT2D eigenvalue weighted by Crippen LogP contribution is 2.18. The molecule has 1 rings (SSSR count). The largest absolute Gasteiger partial charge is 0.341 e. The van der Waals surface area contributed by atoms with Gasteiger partial charge in [0.15, 0.2) is 0 Å². The molecule has 14 heavy (non-hydrogen) atoms. The van der Waals surface area contributed by atoms with Gasteiger partial charge in [-0.2, -0.15) is 0 Å². The standard InChI is InChI=1S/C9H10F2N2O/c1-12-9(14)13(2)8-4-3-6(10)5-7(8)11/h3-5H,1-2H3,(H,12,14). The summed E-state index contributed by atoms with van der Waals surface area (Å²) in [5, 5.41) is 2.33. The number of carbonyl (C=O) groups is 1. The number of halogens is 2. The van der Waals surface area contributed by atoms with Crippen LogP contribution in [0, 0.1) is 11.6 Å². The first-order valence-electron chi connectivity index (χ1n) is 3.96. The first-order valence-corrected chi connectivity index (χ1v) is 3.96. The van der Waals surface area contributed by atoms with E-state index in [0.29, 0.717) is 0 Å². The van der Waals surface area contributed by atoms with Gasteiger partial charge in [0.25, 0.3) is 0 Å². The maximum absolute atomic E-state index is 13.1. The molecule has 0 radical (unpaired) electrons. The fraction of sp³-hybridized carbons (Fsp3) is 0.222. The van der Waals surface area contributed by atoms with Crippen LogP contribution in [-0.4, -0.2) is 20.1 Å². The van der Waals surface area contributed by atoms with E-state index < -0.39 is 17.7 Å². The lowest BCUT2D eigenvalue weighted by Gasteiger charge is -2.16. The minimum atomic E-state index is -0.767. The molecule has 0 atom stereocenters. The van der Waals surface area contributed by atoms with Crippen molar-refractivity contribution in [1.29, 1.82) is 0 Å². The van der Waals surface area contributed by atoms with Gasteiger partial charge in [0.2, 0.25) is 0 Å². The van der Waals surface area contributed by atoms with Gasteiger partial charge in [-0.1, -0.05) is 0 Å². The van der Waals surface area contributed by atoms with Gasteiger partial charge in [-0.05, 0) is 12.1 Å². The van der Waals surface area contributed by atoms with Crippen LogP contribution in [0.3, 0.4) is 0 Å². The van der Waals surface area contributed by atoms with Crippen LogP contribution in [0.2, 0.25) is 0 Å². The smallest absolute Gasteiger partial charge is 0.321 e. The van der Waals surface area contributed by atoms with Gasteiger partial charge >= 0.3 is 6.03 Å². The van der Waals surface area contributed by atoms with Crippen molar-refractivity contribution >= 4 is 11.7 Å². The van der Waals surface area contributed by atoms with E-state index in [4.69, 9.17) is 0 Å². The van der Waals surface area contributed by atoms with Gasteiger partial charge < -0.3 is 5.32 Å². The summed E-state index contributed by atoms with van der Waals surface area (Å²) in [5.74, 6) is -1.44. The fourth-order valence-electron chi connectivity index (χ4n) is 1.03. The van der Waals surface area contributed by atoms with Gasteiger partial charge in [0.05, 0.1) is 5.69 Å². The molecule has 0 spiro atoms. The van der Waals surface area contributed by atoms with E-state index in [0.717, 1.165) is 17.0 Å². The SMILES string of the molecule is CNC(=O)N(C)c1ccc(F)cc1F. The Balaban J connectivity index is 3.01. The summed E-state index contributed by atoms with van der Waals surface area (Å²) >= 11 is 0. The lowest BCUT2D eigenvalue weighted by Crippen LogP contribution is -2.35. The Labute approximate surface area is 80.3 Å². The molecule has 0 fully saturated rings. The zero-order valence-corrected chi connectivity index (χ0v) is 7.84. The topological polar surface area (TPSA) is 32.3 Å². The second kappa shape index (κ2) is 4.04. The third kappa shape index (κ3) is 1.99. The molecule has 0 unspecified atom stereocenters. The average molecular weight is 200 g/mol. The number of carbonyl (C=O) groups excluding carboxylic acids is 1. The van der Waals surface area contributed by atoms with E-state index in [1.54, 1.807) is 0 Å². The Morgan fingerprint density at radius 2 is 2.07 bits per heavy atom. The molecule has 1 N–H and O–H groups in total. The van der Waals surface area contributed by atoms with E-state index in [1.165, 1.54) is 20.2 Å². The second-order valence-corrected chi connectivity index (χ2v) is 2.71. The van der Waals surface area contributed by atoms with E-state index in [-0.39, 0.29) is 5.69 Å². The Morgan fingerprint density at radius 1 is 1.43 bits per heavy atom. The molecule has 3 nitrogen and oxygen atoms in total. The minimum absolute atomic E-state index is 0.0331. The van der Waals surface area contributed by atoms with Gasteiger partial charge in [-0.3, -0.25) is 4.90 Å². The van der Waals surface area contributed by atoms with E-state index in [2.05, 4.69) is 5.32 Å². The van der Waals surface area contributed by atoms with Crippen LogP contribution in [0.15, 0.2) is 18.2 Å². The van der Waals surface area contributed by atoms with Crippen LogP contribution in [0.1, 0.15) is 0 Å². The molecule has 1 aromatic carbocycles. The normalized spacial score (nSPS) is 9.71. The predicted molar refractivity (Wildman–Crippen MR) is 49.2 cm³/mol. The van der Waals surface area contributed by atoms with E-state index >= 15 is 0 Å². The Hall–Kier alpha value is -1.65. The highest BCUT2D eigenvalue weighted by atomic mass is 19.1. The zero-order valence-electron chi connectivity index (χ0n) is 7.84. The molecular weight excluding hydrogens is 190 g/mol. The zero-order chi connectivity index (χ0) is 10.7. The Bertz CT molecular complexity index is 355. The van der Waals surface area contributed by atoms with Gasteiger partial charge in [-0.15, -0.1) is 0 Å². The van der Waals surface area contributed by atoms with Crippen LogP contribution in [-0.2, 0) is 0 Å². The number of nitrogens with zero attached hydrogens (tertiary/aromatic N) is 1. The van der Waals surface area contributed by atoms with Crippen molar-refractivity contribution in [3.05, 3.63) is 29.8 Å². The van der Waals surface area contributed by atoms with Crippen molar-refractivity contribution in [2.24, 2.45) is 0 Å². The third-order valence-electron chi connectivity index (χ3n) is 1.79. The number of hydrogen-bond donors (Lipinski definition) is 1. The van der Waals surface area contributed by atoms with Crippen LogP contribution in [0.4, 0.5) is 19.3 Å². The fourth-order valence-corrected chi connectivity index (χ4v) is 1.03. The van der Waals surface area contributed by atoms with Crippen LogP contribution >= 0.6 is 0 Å². The van der Waals surface area contributed by atoms with Crippen molar-refractivity contribution < 1.29 is 13.6 Å². The maximum atomic E-state index is 13.1. The van der Waals surface area contributed by atoms with Gasteiger partial charge in [-0.25, -0.2) is 13.6 Å². The molecule has 0 saturated carbocycles. The molecule has 1 aromatic rings. The molecule has 0 bridgehead atoms. The summed E-state index contributed by atoms with van der Waals surface area (Å²) in [4.78, 5) is 12.2. The number of hydrogen-bond acceptors (Lipinski definition) is 1. The lowest BCUT2D eigenvalue weighted by molar-refractivity contribution is 0.249. The maximum Gasteiger partial charge on any atom is 0.321 e. The molecule has 0 aliphatic heterocycles. The van der Waals surface area contributed by atoms with Crippen molar-refractivity contribution in [3.63, 3.8) is 0 Å². The molecule has 0 saturated heterocycles. The summed E-state index contributed by atoms with van der Waals surface area (Å²) in [7, 11) is 2.83. The molecule has 2 amide bonds. The Kier molecular flexibility index (Phi) is 3.01. The quantitative estimate of drug-likeness (QED) is 0.735. The third-order valence-corrected chi connectivity index (χ3v) is 1.79. The van der Waals surface area contributed by atoms with Crippen molar-refractivity contribution in [2.75, 3.05) is 19.0 Å².